The molecular weight excluding hydrogens is 208 g/mol. The lowest BCUT2D eigenvalue weighted by atomic mass is 10.1. The lowest BCUT2D eigenvalue weighted by Crippen LogP contribution is -1.78. The van der Waals surface area contributed by atoms with Crippen LogP contribution in [0.2, 0.25) is 0 Å². The van der Waals surface area contributed by atoms with Crippen LogP contribution in [0.3, 0.4) is 0 Å². The first-order valence-corrected chi connectivity index (χ1v) is 7.17. The summed E-state index contributed by atoms with van der Waals surface area (Å²) in [5.41, 5.74) is 0. The van der Waals surface area contributed by atoms with E-state index in [9.17, 15) is 4.79 Å². The predicted molar refractivity (Wildman–Crippen MR) is 76.2 cm³/mol. The van der Waals surface area contributed by atoms with Gasteiger partial charge in [0, 0.05) is 0 Å². The molecular formula is C16H28O. The van der Waals surface area contributed by atoms with Crippen molar-refractivity contribution >= 4 is 6.29 Å². The monoisotopic (exact) mass is 236 g/mol. The number of carbonyl (C=O) groups excluding carboxylic acids is 1. The fourth-order valence-electron chi connectivity index (χ4n) is 1.80. The largest absolute Gasteiger partial charge is 0.299 e. The maximum atomic E-state index is 10.0. The van der Waals surface area contributed by atoms with E-state index in [4.69, 9.17) is 0 Å². The maximum Gasteiger partial charge on any atom is 0.142 e. The van der Waals surface area contributed by atoms with Crippen LogP contribution in [0.25, 0.3) is 0 Å². The molecule has 0 aromatic rings. The third-order valence-corrected chi connectivity index (χ3v) is 2.86. The van der Waals surface area contributed by atoms with Crippen LogP contribution in [0, 0.1) is 0 Å². The number of allylic oxidation sites excluding steroid dienone is 4. The van der Waals surface area contributed by atoms with Crippen LogP contribution in [0.4, 0.5) is 0 Å². The summed E-state index contributed by atoms with van der Waals surface area (Å²) in [7, 11) is 0. The van der Waals surface area contributed by atoms with Crippen molar-refractivity contribution in [3.05, 3.63) is 24.3 Å². The van der Waals surface area contributed by atoms with Gasteiger partial charge >= 0.3 is 0 Å². The minimum absolute atomic E-state index is 0.836. The van der Waals surface area contributed by atoms with Gasteiger partial charge in [-0.1, -0.05) is 63.7 Å². The molecule has 0 bridgehead atoms. The summed E-state index contributed by atoms with van der Waals surface area (Å²) in [4.78, 5) is 10.0. The molecule has 0 fully saturated rings. The Morgan fingerprint density at radius 1 is 0.706 bits per heavy atom. The van der Waals surface area contributed by atoms with Gasteiger partial charge < -0.3 is 0 Å². The highest BCUT2D eigenvalue weighted by atomic mass is 16.1. The summed E-state index contributed by atoms with van der Waals surface area (Å²) < 4.78 is 0. The number of rotatable bonds is 12. The summed E-state index contributed by atoms with van der Waals surface area (Å²) >= 11 is 0. The second-order valence-electron chi connectivity index (χ2n) is 4.52. The van der Waals surface area contributed by atoms with Crippen molar-refractivity contribution in [3.8, 4) is 0 Å². The summed E-state index contributed by atoms with van der Waals surface area (Å²) in [6.45, 7) is 2.26. The van der Waals surface area contributed by atoms with Gasteiger partial charge in [-0.2, -0.15) is 0 Å². The van der Waals surface area contributed by atoms with Gasteiger partial charge in [0.05, 0.1) is 0 Å². The third-order valence-electron chi connectivity index (χ3n) is 2.86. The molecule has 0 saturated heterocycles. The molecule has 0 radical (unpaired) electrons. The average molecular weight is 236 g/mol. The lowest BCUT2D eigenvalue weighted by molar-refractivity contribution is -0.104. The van der Waals surface area contributed by atoms with E-state index in [0.29, 0.717) is 0 Å². The maximum absolute atomic E-state index is 10.0. The molecule has 17 heavy (non-hydrogen) atoms. The van der Waals surface area contributed by atoms with E-state index < -0.39 is 0 Å². The molecule has 0 spiro atoms. The van der Waals surface area contributed by atoms with Crippen LogP contribution in [-0.4, -0.2) is 6.29 Å². The van der Waals surface area contributed by atoms with E-state index in [0.717, 1.165) is 19.1 Å². The van der Waals surface area contributed by atoms with E-state index in [2.05, 4.69) is 19.1 Å². The second kappa shape index (κ2) is 15.1. The molecule has 0 aromatic heterocycles. The molecule has 1 nitrogen and oxygen atoms in total. The number of carbonyl (C=O) groups is 1. The molecule has 0 aliphatic carbocycles. The van der Waals surface area contributed by atoms with Crippen LogP contribution >= 0.6 is 0 Å². The molecule has 0 atom stereocenters. The van der Waals surface area contributed by atoms with Crippen molar-refractivity contribution in [2.24, 2.45) is 0 Å². The van der Waals surface area contributed by atoms with Gasteiger partial charge in [-0.05, 0) is 31.8 Å². The first-order valence-electron chi connectivity index (χ1n) is 7.17. The molecule has 0 saturated carbocycles. The van der Waals surface area contributed by atoms with Gasteiger partial charge in [-0.25, -0.2) is 0 Å². The highest BCUT2D eigenvalue weighted by Crippen LogP contribution is 2.08. The molecule has 0 N–H and O–H groups in total. The molecule has 0 unspecified atom stereocenters. The van der Waals surface area contributed by atoms with Crippen molar-refractivity contribution < 1.29 is 4.79 Å². The third kappa shape index (κ3) is 15.1. The first-order chi connectivity index (χ1) is 8.41. The highest BCUT2D eigenvalue weighted by Gasteiger charge is 1.89. The SMILES string of the molecule is CCCCCCCCC/C=C/CC/C=C/C=O. The van der Waals surface area contributed by atoms with Crippen molar-refractivity contribution in [2.75, 3.05) is 0 Å². The van der Waals surface area contributed by atoms with E-state index >= 15 is 0 Å². The van der Waals surface area contributed by atoms with Gasteiger partial charge in [0.1, 0.15) is 6.29 Å². The number of unbranched alkanes of at least 4 members (excludes halogenated alkanes) is 8. The zero-order valence-corrected chi connectivity index (χ0v) is 11.4. The normalized spacial score (nSPS) is 11.6. The van der Waals surface area contributed by atoms with Crippen LogP contribution in [0.15, 0.2) is 24.3 Å². The summed E-state index contributed by atoms with van der Waals surface area (Å²) in [5.74, 6) is 0. The predicted octanol–water partition coefficient (Wildman–Crippen LogP) is 5.22. The van der Waals surface area contributed by atoms with Gasteiger partial charge in [-0.3, -0.25) is 4.79 Å². The van der Waals surface area contributed by atoms with Crippen molar-refractivity contribution in [2.45, 2.75) is 71.1 Å². The van der Waals surface area contributed by atoms with Gasteiger partial charge in [0.15, 0.2) is 0 Å². The number of aldehydes is 1. The lowest BCUT2D eigenvalue weighted by Gasteiger charge is -1.98. The minimum Gasteiger partial charge on any atom is -0.299 e. The van der Waals surface area contributed by atoms with Crippen LogP contribution in [0.5, 0.6) is 0 Å². The Labute approximate surface area is 107 Å². The van der Waals surface area contributed by atoms with E-state index in [-0.39, 0.29) is 0 Å². The average Bonchev–Trinajstić information content (AvgIpc) is 2.35. The van der Waals surface area contributed by atoms with Gasteiger partial charge in [-0.15, -0.1) is 0 Å². The zero-order valence-electron chi connectivity index (χ0n) is 11.4. The van der Waals surface area contributed by atoms with Crippen LogP contribution in [0.1, 0.15) is 71.1 Å². The van der Waals surface area contributed by atoms with Crippen molar-refractivity contribution in [3.63, 3.8) is 0 Å². The van der Waals surface area contributed by atoms with E-state index in [1.807, 2.05) is 6.08 Å². The van der Waals surface area contributed by atoms with E-state index in [1.165, 1.54) is 51.4 Å². The summed E-state index contributed by atoms with van der Waals surface area (Å²) in [6.07, 6.45) is 21.7. The Kier molecular flexibility index (Phi) is 14.4. The second-order valence-corrected chi connectivity index (χ2v) is 4.52. The Hall–Kier alpha value is -0.850. The smallest absolute Gasteiger partial charge is 0.142 e. The van der Waals surface area contributed by atoms with Crippen LogP contribution < -0.4 is 0 Å². The van der Waals surface area contributed by atoms with Gasteiger partial charge in [0.2, 0.25) is 0 Å². The molecule has 0 aliphatic heterocycles. The van der Waals surface area contributed by atoms with Gasteiger partial charge in [0.25, 0.3) is 0 Å². The first kappa shape index (κ1) is 16.1. The summed E-state index contributed by atoms with van der Waals surface area (Å²) in [6, 6.07) is 0. The standard InChI is InChI=1S/C16H28O/c1-2-3-4-5-6-7-8-9-10-11-12-13-14-15-16-17/h10-11,14-16H,2-9,12-13H2,1H3/b11-10+,15-14+. The van der Waals surface area contributed by atoms with Crippen LogP contribution in [-0.2, 0) is 4.79 Å². The topological polar surface area (TPSA) is 17.1 Å². The Morgan fingerprint density at radius 3 is 2.00 bits per heavy atom. The van der Waals surface area contributed by atoms with Crippen molar-refractivity contribution in [1.82, 2.24) is 0 Å². The Bertz CT molecular complexity index is 204. The fourth-order valence-corrected chi connectivity index (χ4v) is 1.80. The number of hydrogen-bond acceptors (Lipinski definition) is 1. The highest BCUT2D eigenvalue weighted by molar-refractivity contribution is 5.64. The number of hydrogen-bond donors (Lipinski definition) is 0. The molecule has 0 amide bonds. The van der Waals surface area contributed by atoms with E-state index in [1.54, 1.807) is 6.08 Å². The fraction of sp³-hybridized carbons (Fsp3) is 0.688. The quantitative estimate of drug-likeness (QED) is 0.196. The molecule has 0 heterocycles. The Balaban J connectivity index is 3.08. The molecule has 1 heteroatoms. The summed E-state index contributed by atoms with van der Waals surface area (Å²) in [5, 5.41) is 0. The molecule has 0 rings (SSSR count). The molecule has 0 aromatic carbocycles. The Morgan fingerprint density at radius 2 is 1.29 bits per heavy atom. The zero-order chi connectivity index (χ0) is 12.6. The molecule has 0 aliphatic rings. The molecule has 98 valence electrons. The minimum atomic E-state index is 0.836. The van der Waals surface area contributed by atoms with Crippen molar-refractivity contribution in [1.29, 1.82) is 0 Å².